The number of aryl methyl sites for hydroxylation is 1. The standard InChI is InChI=1S/C22H22N2O3S/c1-16-7-6-10-21(17(16)2)24-28(26,27)20-13-11-19(12-14-20)22(25)23-15-18-8-4-3-5-9-18/h3-14,24H,15H2,1-2H3,(H,23,25). The van der Waals surface area contributed by atoms with Crippen LogP contribution in [0.4, 0.5) is 5.69 Å². The Morgan fingerprint density at radius 2 is 1.54 bits per heavy atom. The van der Waals surface area contributed by atoms with Gasteiger partial charge < -0.3 is 5.32 Å². The van der Waals surface area contributed by atoms with Gasteiger partial charge in [0.2, 0.25) is 0 Å². The number of nitrogens with one attached hydrogen (secondary N) is 2. The Morgan fingerprint density at radius 1 is 0.857 bits per heavy atom. The lowest BCUT2D eigenvalue weighted by atomic mass is 10.1. The maximum absolute atomic E-state index is 12.6. The minimum atomic E-state index is -3.73. The summed E-state index contributed by atoms with van der Waals surface area (Å²) in [6.45, 7) is 4.21. The Kier molecular flexibility index (Phi) is 5.80. The number of hydrogen-bond donors (Lipinski definition) is 2. The molecule has 28 heavy (non-hydrogen) atoms. The summed E-state index contributed by atoms with van der Waals surface area (Å²) in [5.74, 6) is -0.254. The maximum atomic E-state index is 12.6. The Balaban J connectivity index is 1.70. The van der Waals surface area contributed by atoms with Crippen LogP contribution < -0.4 is 10.0 Å². The van der Waals surface area contributed by atoms with Crippen molar-refractivity contribution in [2.24, 2.45) is 0 Å². The van der Waals surface area contributed by atoms with E-state index in [1.165, 1.54) is 24.3 Å². The molecule has 3 rings (SSSR count). The molecule has 6 heteroatoms. The van der Waals surface area contributed by atoms with Crippen molar-refractivity contribution in [1.82, 2.24) is 5.32 Å². The molecule has 0 saturated carbocycles. The number of sulfonamides is 1. The zero-order valence-electron chi connectivity index (χ0n) is 15.8. The molecule has 0 unspecified atom stereocenters. The lowest BCUT2D eigenvalue weighted by Crippen LogP contribution is -2.23. The molecule has 0 fully saturated rings. The largest absolute Gasteiger partial charge is 0.348 e. The summed E-state index contributed by atoms with van der Waals surface area (Å²) < 4.78 is 27.9. The number of hydrogen-bond acceptors (Lipinski definition) is 3. The molecule has 0 bridgehead atoms. The van der Waals surface area contributed by atoms with Gasteiger partial charge in [-0.15, -0.1) is 0 Å². The molecule has 144 valence electrons. The fraction of sp³-hybridized carbons (Fsp3) is 0.136. The van der Waals surface area contributed by atoms with Crippen molar-refractivity contribution in [1.29, 1.82) is 0 Å². The zero-order valence-corrected chi connectivity index (χ0v) is 16.6. The van der Waals surface area contributed by atoms with Crippen LogP contribution in [0.25, 0.3) is 0 Å². The summed E-state index contributed by atoms with van der Waals surface area (Å²) in [4.78, 5) is 12.4. The van der Waals surface area contributed by atoms with Crippen molar-refractivity contribution in [3.63, 3.8) is 0 Å². The highest BCUT2D eigenvalue weighted by atomic mass is 32.2. The number of anilines is 1. The molecule has 3 aromatic carbocycles. The van der Waals surface area contributed by atoms with Crippen LogP contribution in [-0.4, -0.2) is 14.3 Å². The average Bonchev–Trinajstić information content (AvgIpc) is 2.70. The minimum Gasteiger partial charge on any atom is -0.348 e. The van der Waals surface area contributed by atoms with Gasteiger partial charge in [-0.2, -0.15) is 0 Å². The van der Waals surface area contributed by atoms with Gasteiger partial charge in [-0.25, -0.2) is 8.42 Å². The van der Waals surface area contributed by atoms with Gasteiger partial charge in [0, 0.05) is 12.1 Å². The highest BCUT2D eigenvalue weighted by Gasteiger charge is 2.16. The summed E-state index contributed by atoms with van der Waals surface area (Å²) in [6, 6.07) is 20.9. The second-order valence-corrected chi connectivity index (χ2v) is 8.23. The van der Waals surface area contributed by atoms with Crippen molar-refractivity contribution in [3.8, 4) is 0 Å². The quantitative estimate of drug-likeness (QED) is 0.663. The summed E-state index contributed by atoms with van der Waals surface area (Å²) in [5, 5.41) is 2.82. The summed E-state index contributed by atoms with van der Waals surface area (Å²) in [7, 11) is -3.73. The van der Waals surface area contributed by atoms with E-state index in [2.05, 4.69) is 10.0 Å². The first-order valence-corrected chi connectivity index (χ1v) is 10.4. The van der Waals surface area contributed by atoms with E-state index in [0.717, 1.165) is 16.7 Å². The number of amides is 1. The van der Waals surface area contributed by atoms with Crippen LogP contribution in [0, 0.1) is 13.8 Å². The molecule has 1 amide bonds. The zero-order chi connectivity index (χ0) is 20.1. The molecule has 0 atom stereocenters. The van der Waals surface area contributed by atoms with Crippen LogP contribution in [-0.2, 0) is 16.6 Å². The lowest BCUT2D eigenvalue weighted by Gasteiger charge is -2.12. The molecule has 2 N–H and O–H groups in total. The van der Waals surface area contributed by atoms with E-state index >= 15 is 0 Å². The average molecular weight is 394 g/mol. The molecule has 3 aromatic rings. The topological polar surface area (TPSA) is 75.3 Å². The number of carbonyl (C=O) groups is 1. The maximum Gasteiger partial charge on any atom is 0.261 e. The van der Waals surface area contributed by atoms with Gasteiger partial charge >= 0.3 is 0 Å². The predicted octanol–water partition coefficient (Wildman–Crippen LogP) is 4.03. The molecule has 0 aliphatic carbocycles. The van der Waals surface area contributed by atoms with E-state index in [1.807, 2.05) is 50.2 Å². The van der Waals surface area contributed by atoms with Gasteiger partial charge in [-0.05, 0) is 60.9 Å². The highest BCUT2D eigenvalue weighted by molar-refractivity contribution is 7.92. The van der Waals surface area contributed by atoms with Gasteiger partial charge in [-0.3, -0.25) is 9.52 Å². The highest BCUT2D eigenvalue weighted by Crippen LogP contribution is 2.22. The normalized spacial score (nSPS) is 11.1. The number of carbonyl (C=O) groups excluding carboxylic acids is 1. The van der Waals surface area contributed by atoms with Crippen molar-refractivity contribution in [3.05, 3.63) is 95.1 Å². The van der Waals surface area contributed by atoms with Crippen LogP contribution >= 0.6 is 0 Å². The van der Waals surface area contributed by atoms with Gasteiger partial charge in [0.1, 0.15) is 0 Å². The van der Waals surface area contributed by atoms with Crippen molar-refractivity contribution in [2.75, 3.05) is 4.72 Å². The van der Waals surface area contributed by atoms with Gasteiger partial charge in [0.05, 0.1) is 10.6 Å². The molecule has 0 spiro atoms. The van der Waals surface area contributed by atoms with E-state index in [-0.39, 0.29) is 10.8 Å². The van der Waals surface area contributed by atoms with E-state index < -0.39 is 10.0 Å². The van der Waals surface area contributed by atoms with Crippen LogP contribution in [0.1, 0.15) is 27.0 Å². The smallest absolute Gasteiger partial charge is 0.261 e. The third-order valence-corrected chi connectivity index (χ3v) is 5.95. The molecular formula is C22H22N2O3S. The number of rotatable bonds is 6. The second kappa shape index (κ2) is 8.27. The minimum absolute atomic E-state index is 0.105. The molecular weight excluding hydrogens is 372 g/mol. The monoisotopic (exact) mass is 394 g/mol. The predicted molar refractivity (Wildman–Crippen MR) is 111 cm³/mol. The molecule has 0 aromatic heterocycles. The Bertz CT molecular complexity index is 1080. The van der Waals surface area contributed by atoms with E-state index in [4.69, 9.17) is 0 Å². The van der Waals surface area contributed by atoms with E-state index in [0.29, 0.717) is 17.8 Å². The van der Waals surface area contributed by atoms with E-state index in [1.54, 1.807) is 12.1 Å². The molecule has 5 nitrogen and oxygen atoms in total. The van der Waals surface area contributed by atoms with Gasteiger partial charge in [0.15, 0.2) is 0 Å². The van der Waals surface area contributed by atoms with Crippen molar-refractivity contribution >= 4 is 21.6 Å². The first-order chi connectivity index (χ1) is 13.4. The van der Waals surface area contributed by atoms with Crippen LogP contribution in [0.2, 0.25) is 0 Å². The second-order valence-electron chi connectivity index (χ2n) is 6.55. The fourth-order valence-electron chi connectivity index (χ4n) is 2.73. The van der Waals surface area contributed by atoms with Gasteiger partial charge in [-0.1, -0.05) is 42.5 Å². The molecule has 0 aliphatic rings. The van der Waals surface area contributed by atoms with Crippen LogP contribution in [0.3, 0.4) is 0 Å². The first-order valence-electron chi connectivity index (χ1n) is 8.88. The SMILES string of the molecule is Cc1cccc(NS(=O)(=O)c2ccc(C(=O)NCc3ccccc3)cc2)c1C. The third kappa shape index (κ3) is 4.58. The third-order valence-electron chi connectivity index (χ3n) is 4.57. The Hall–Kier alpha value is -3.12. The lowest BCUT2D eigenvalue weighted by molar-refractivity contribution is 0.0951. The molecule has 0 aliphatic heterocycles. The molecule has 0 radical (unpaired) electrons. The Labute approximate surface area is 165 Å². The van der Waals surface area contributed by atoms with Crippen LogP contribution in [0.15, 0.2) is 77.7 Å². The number of benzene rings is 3. The fourth-order valence-corrected chi connectivity index (χ4v) is 3.85. The summed E-state index contributed by atoms with van der Waals surface area (Å²) in [5.41, 5.74) is 3.83. The van der Waals surface area contributed by atoms with Crippen molar-refractivity contribution < 1.29 is 13.2 Å². The Morgan fingerprint density at radius 3 is 2.21 bits per heavy atom. The van der Waals surface area contributed by atoms with Crippen molar-refractivity contribution in [2.45, 2.75) is 25.3 Å². The molecule has 0 saturated heterocycles. The van der Waals surface area contributed by atoms with Gasteiger partial charge in [0.25, 0.3) is 15.9 Å². The van der Waals surface area contributed by atoms with Crippen LogP contribution in [0.5, 0.6) is 0 Å². The summed E-state index contributed by atoms with van der Waals surface area (Å²) in [6.07, 6.45) is 0. The molecule has 0 heterocycles. The first kappa shape index (κ1) is 19.6. The van der Waals surface area contributed by atoms with E-state index in [9.17, 15) is 13.2 Å². The summed E-state index contributed by atoms with van der Waals surface area (Å²) >= 11 is 0.